The molecule has 20 heavy (non-hydrogen) atoms. The van der Waals surface area contributed by atoms with Crippen molar-refractivity contribution in [3.8, 4) is 5.75 Å². The van der Waals surface area contributed by atoms with Crippen molar-refractivity contribution in [1.29, 1.82) is 0 Å². The molecule has 2 rings (SSSR count). The van der Waals surface area contributed by atoms with Gasteiger partial charge in [0.2, 0.25) is 0 Å². The van der Waals surface area contributed by atoms with Crippen molar-refractivity contribution in [2.45, 2.75) is 0 Å². The summed E-state index contributed by atoms with van der Waals surface area (Å²) in [6, 6.07) is 11.2. The summed E-state index contributed by atoms with van der Waals surface area (Å²) in [5.74, 6) is -0.978. The fourth-order valence-corrected chi connectivity index (χ4v) is 1.36. The van der Waals surface area contributed by atoms with E-state index in [-0.39, 0.29) is 12.4 Å². The van der Waals surface area contributed by atoms with Crippen molar-refractivity contribution in [3.05, 3.63) is 60.2 Å². The second-order valence-corrected chi connectivity index (χ2v) is 3.77. The van der Waals surface area contributed by atoms with E-state index in [1.54, 1.807) is 36.5 Å². The van der Waals surface area contributed by atoms with E-state index in [0.717, 1.165) is 0 Å². The van der Waals surface area contributed by atoms with E-state index in [9.17, 15) is 9.18 Å². The van der Waals surface area contributed by atoms with Gasteiger partial charge in [-0.3, -0.25) is 9.78 Å². The predicted molar refractivity (Wildman–Crippen MR) is 71.9 cm³/mol. The zero-order chi connectivity index (χ0) is 14.2. The molecule has 0 radical (unpaired) electrons. The molecule has 0 spiro atoms. The van der Waals surface area contributed by atoms with Crippen LogP contribution in [0.4, 0.5) is 4.39 Å². The predicted octanol–water partition coefficient (Wildman–Crippen LogP) is 1.75. The molecule has 1 aromatic heterocycles. The molecule has 1 amide bonds. The van der Waals surface area contributed by atoms with Crippen LogP contribution in [0.15, 0.2) is 53.8 Å². The fourth-order valence-electron chi connectivity index (χ4n) is 1.36. The highest BCUT2D eigenvalue weighted by Gasteiger charge is 2.04. The van der Waals surface area contributed by atoms with E-state index in [1.165, 1.54) is 18.3 Å². The Hall–Kier alpha value is -2.76. The number of para-hydroxylation sites is 1. The number of nitrogens with zero attached hydrogens (tertiary/aromatic N) is 2. The van der Waals surface area contributed by atoms with Crippen molar-refractivity contribution >= 4 is 12.1 Å². The van der Waals surface area contributed by atoms with Crippen LogP contribution >= 0.6 is 0 Å². The first-order valence-corrected chi connectivity index (χ1v) is 5.86. The minimum absolute atomic E-state index is 0.0244. The summed E-state index contributed by atoms with van der Waals surface area (Å²) in [7, 11) is 0. The van der Waals surface area contributed by atoms with Gasteiger partial charge in [0.05, 0.1) is 11.9 Å². The molecule has 0 fully saturated rings. The SMILES string of the molecule is O=C(COc1ccccc1F)NN=Cc1ccccn1. The quantitative estimate of drug-likeness (QED) is 0.666. The third kappa shape index (κ3) is 4.16. The van der Waals surface area contributed by atoms with E-state index in [2.05, 4.69) is 15.5 Å². The van der Waals surface area contributed by atoms with Gasteiger partial charge in [-0.15, -0.1) is 0 Å². The summed E-state index contributed by atoms with van der Waals surface area (Å²) >= 11 is 0. The summed E-state index contributed by atoms with van der Waals surface area (Å²) < 4.78 is 18.2. The first-order chi connectivity index (χ1) is 9.75. The lowest BCUT2D eigenvalue weighted by Gasteiger charge is -2.05. The molecule has 0 aliphatic rings. The average molecular weight is 273 g/mol. The van der Waals surface area contributed by atoms with Gasteiger partial charge in [0.25, 0.3) is 5.91 Å². The number of hydrazone groups is 1. The van der Waals surface area contributed by atoms with Crippen LogP contribution in [-0.2, 0) is 4.79 Å². The highest BCUT2D eigenvalue weighted by atomic mass is 19.1. The Morgan fingerprint density at radius 1 is 1.30 bits per heavy atom. The van der Waals surface area contributed by atoms with Crippen LogP contribution in [0.5, 0.6) is 5.75 Å². The molecule has 0 bridgehead atoms. The number of ether oxygens (including phenoxy) is 1. The van der Waals surface area contributed by atoms with E-state index >= 15 is 0 Å². The number of hydrogen-bond donors (Lipinski definition) is 1. The Morgan fingerprint density at radius 3 is 2.85 bits per heavy atom. The number of nitrogens with one attached hydrogen (secondary N) is 1. The fraction of sp³-hybridized carbons (Fsp3) is 0.0714. The van der Waals surface area contributed by atoms with Crippen molar-refractivity contribution in [2.24, 2.45) is 5.10 Å². The van der Waals surface area contributed by atoms with Crippen molar-refractivity contribution in [2.75, 3.05) is 6.61 Å². The zero-order valence-electron chi connectivity index (χ0n) is 10.5. The lowest BCUT2D eigenvalue weighted by Crippen LogP contribution is -2.24. The number of rotatable bonds is 5. The van der Waals surface area contributed by atoms with Crippen molar-refractivity contribution in [1.82, 2.24) is 10.4 Å². The molecule has 0 unspecified atom stereocenters. The maximum absolute atomic E-state index is 13.2. The van der Waals surface area contributed by atoms with Crippen LogP contribution in [0, 0.1) is 5.82 Å². The van der Waals surface area contributed by atoms with Crippen molar-refractivity contribution < 1.29 is 13.9 Å². The molecular weight excluding hydrogens is 261 g/mol. The smallest absolute Gasteiger partial charge is 0.277 e. The lowest BCUT2D eigenvalue weighted by atomic mass is 10.3. The summed E-state index contributed by atoms with van der Waals surface area (Å²) in [6.45, 7) is -0.319. The Morgan fingerprint density at radius 2 is 2.10 bits per heavy atom. The summed E-state index contributed by atoms with van der Waals surface area (Å²) in [6.07, 6.45) is 3.02. The number of halogens is 1. The normalized spacial score (nSPS) is 10.4. The molecule has 0 saturated carbocycles. The maximum Gasteiger partial charge on any atom is 0.277 e. The second-order valence-electron chi connectivity index (χ2n) is 3.77. The molecule has 1 aromatic carbocycles. The third-order valence-electron chi connectivity index (χ3n) is 2.27. The van der Waals surface area contributed by atoms with Gasteiger partial charge in [-0.05, 0) is 24.3 Å². The Bertz CT molecular complexity index is 602. The van der Waals surface area contributed by atoms with Gasteiger partial charge in [0.1, 0.15) is 0 Å². The number of amides is 1. The van der Waals surface area contributed by atoms with E-state index < -0.39 is 11.7 Å². The maximum atomic E-state index is 13.2. The third-order valence-corrected chi connectivity index (χ3v) is 2.27. The summed E-state index contributed by atoms with van der Waals surface area (Å²) in [5, 5.41) is 3.72. The van der Waals surface area contributed by atoms with Crippen LogP contribution in [0.3, 0.4) is 0 Å². The van der Waals surface area contributed by atoms with Crippen LogP contribution in [0.2, 0.25) is 0 Å². The van der Waals surface area contributed by atoms with Crippen LogP contribution in [-0.4, -0.2) is 23.7 Å². The molecule has 0 aliphatic heterocycles. The van der Waals surface area contributed by atoms with Crippen LogP contribution in [0.1, 0.15) is 5.69 Å². The van der Waals surface area contributed by atoms with E-state index in [0.29, 0.717) is 5.69 Å². The number of carbonyl (C=O) groups excluding carboxylic acids is 1. The molecular formula is C14H12FN3O2. The average Bonchev–Trinajstić information content (AvgIpc) is 2.47. The largest absolute Gasteiger partial charge is 0.481 e. The van der Waals surface area contributed by atoms with Crippen LogP contribution < -0.4 is 10.2 Å². The zero-order valence-corrected chi connectivity index (χ0v) is 10.5. The summed E-state index contributed by atoms with van der Waals surface area (Å²) in [5.41, 5.74) is 2.88. The first kappa shape index (κ1) is 13.7. The van der Waals surface area contributed by atoms with Gasteiger partial charge in [-0.25, -0.2) is 9.82 Å². The van der Waals surface area contributed by atoms with Gasteiger partial charge in [0, 0.05) is 6.20 Å². The summed E-state index contributed by atoms with van der Waals surface area (Å²) in [4.78, 5) is 15.4. The van der Waals surface area contributed by atoms with Gasteiger partial charge in [-0.2, -0.15) is 5.10 Å². The standard InChI is InChI=1S/C14H12FN3O2/c15-12-6-1-2-7-13(12)20-10-14(19)18-17-9-11-5-3-4-8-16-11/h1-9H,10H2,(H,18,19). The Balaban J connectivity index is 1.79. The molecule has 6 heteroatoms. The van der Waals surface area contributed by atoms with Crippen LogP contribution in [0.25, 0.3) is 0 Å². The number of carbonyl (C=O) groups is 1. The number of aromatic nitrogens is 1. The van der Waals surface area contributed by atoms with Crippen molar-refractivity contribution in [3.63, 3.8) is 0 Å². The Labute approximate surface area is 115 Å². The molecule has 2 aromatic rings. The topological polar surface area (TPSA) is 63.6 Å². The van der Waals surface area contributed by atoms with Gasteiger partial charge in [-0.1, -0.05) is 18.2 Å². The minimum atomic E-state index is -0.516. The van der Waals surface area contributed by atoms with E-state index in [4.69, 9.17) is 4.74 Å². The number of pyridine rings is 1. The number of hydrogen-bond acceptors (Lipinski definition) is 4. The molecule has 102 valence electrons. The monoisotopic (exact) mass is 273 g/mol. The lowest BCUT2D eigenvalue weighted by molar-refractivity contribution is -0.123. The van der Waals surface area contributed by atoms with E-state index in [1.807, 2.05) is 0 Å². The minimum Gasteiger partial charge on any atom is -0.481 e. The molecule has 1 N–H and O–H groups in total. The van der Waals surface area contributed by atoms with Gasteiger partial charge in [0.15, 0.2) is 18.2 Å². The molecule has 5 nitrogen and oxygen atoms in total. The second kappa shape index (κ2) is 6.98. The molecule has 1 heterocycles. The van der Waals surface area contributed by atoms with Gasteiger partial charge < -0.3 is 4.74 Å². The molecule has 0 atom stereocenters. The first-order valence-electron chi connectivity index (χ1n) is 5.86. The highest BCUT2D eigenvalue weighted by Crippen LogP contribution is 2.14. The molecule has 0 aliphatic carbocycles. The number of benzene rings is 1. The molecule has 0 saturated heterocycles. The Kier molecular flexibility index (Phi) is 4.77. The van der Waals surface area contributed by atoms with Gasteiger partial charge >= 0.3 is 0 Å². The highest BCUT2D eigenvalue weighted by molar-refractivity contribution is 5.81.